The zero-order valence-corrected chi connectivity index (χ0v) is 13.2. The number of halogens is 1. The molecule has 0 radical (unpaired) electrons. The maximum Gasteiger partial charge on any atom is 0.180 e. The summed E-state index contributed by atoms with van der Waals surface area (Å²) in [5.74, 6) is 0.176. The minimum Gasteiger partial charge on any atom is -0.375 e. The molecule has 1 heterocycles. The molecule has 0 saturated heterocycles. The van der Waals surface area contributed by atoms with Crippen LogP contribution in [-0.4, -0.2) is 42.9 Å². The Hall–Kier alpha value is -0.370. The van der Waals surface area contributed by atoms with Gasteiger partial charge in [-0.3, -0.25) is 4.90 Å². The SMILES string of the molecule is CCN(Cc1cnc(N)s1)C(C)CS(C)(=O)=O.Cl. The Kier molecular flexibility index (Phi) is 7.13. The molecule has 2 N–H and O–H groups in total. The summed E-state index contributed by atoms with van der Waals surface area (Å²) < 4.78 is 22.5. The van der Waals surface area contributed by atoms with Gasteiger partial charge < -0.3 is 5.73 Å². The Morgan fingerprint density at radius 3 is 2.56 bits per heavy atom. The molecule has 0 fully saturated rings. The second-order valence-corrected chi connectivity index (χ2v) is 7.50. The van der Waals surface area contributed by atoms with E-state index < -0.39 is 9.84 Å². The van der Waals surface area contributed by atoms with Gasteiger partial charge in [-0.25, -0.2) is 13.4 Å². The zero-order valence-electron chi connectivity index (χ0n) is 10.8. The number of aromatic nitrogens is 1. The number of hydrogen-bond donors (Lipinski definition) is 1. The smallest absolute Gasteiger partial charge is 0.180 e. The molecule has 0 bridgehead atoms. The summed E-state index contributed by atoms with van der Waals surface area (Å²) in [7, 11) is -2.94. The quantitative estimate of drug-likeness (QED) is 0.859. The third-order valence-electron chi connectivity index (χ3n) is 2.50. The molecule has 0 spiro atoms. The first-order valence-electron chi connectivity index (χ1n) is 5.43. The van der Waals surface area contributed by atoms with E-state index in [1.807, 2.05) is 13.8 Å². The van der Waals surface area contributed by atoms with E-state index >= 15 is 0 Å². The van der Waals surface area contributed by atoms with Crippen LogP contribution in [0.25, 0.3) is 0 Å². The van der Waals surface area contributed by atoms with Crippen LogP contribution in [0.5, 0.6) is 0 Å². The van der Waals surface area contributed by atoms with Gasteiger partial charge in [-0.05, 0) is 13.5 Å². The molecule has 1 rings (SSSR count). The number of hydrogen-bond acceptors (Lipinski definition) is 6. The Labute approximate surface area is 119 Å². The zero-order chi connectivity index (χ0) is 13.1. The number of nitrogens with zero attached hydrogens (tertiary/aromatic N) is 2. The highest BCUT2D eigenvalue weighted by Gasteiger charge is 2.18. The van der Waals surface area contributed by atoms with Gasteiger partial charge in [-0.2, -0.15) is 0 Å². The Morgan fingerprint density at radius 1 is 1.56 bits per heavy atom. The van der Waals surface area contributed by atoms with E-state index in [1.165, 1.54) is 17.6 Å². The van der Waals surface area contributed by atoms with E-state index in [2.05, 4.69) is 9.88 Å². The normalized spacial score (nSPS) is 13.3. The van der Waals surface area contributed by atoms with Crippen molar-refractivity contribution in [2.45, 2.75) is 26.4 Å². The van der Waals surface area contributed by atoms with Crippen molar-refractivity contribution in [1.82, 2.24) is 9.88 Å². The van der Waals surface area contributed by atoms with Gasteiger partial charge in [0.25, 0.3) is 0 Å². The summed E-state index contributed by atoms with van der Waals surface area (Å²) in [5.41, 5.74) is 5.57. The highest BCUT2D eigenvalue weighted by molar-refractivity contribution is 7.90. The van der Waals surface area contributed by atoms with Crippen molar-refractivity contribution < 1.29 is 8.42 Å². The lowest BCUT2D eigenvalue weighted by molar-refractivity contribution is 0.228. The molecule has 18 heavy (non-hydrogen) atoms. The maximum absolute atomic E-state index is 11.3. The molecule has 1 aromatic rings. The molecule has 106 valence electrons. The predicted octanol–water partition coefficient (Wildman–Crippen LogP) is 1.40. The molecule has 0 aromatic carbocycles. The van der Waals surface area contributed by atoms with Crippen LogP contribution in [0.15, 0.2) is 6.20 Å². The average Bonchev–Trinajstić information content (AvgIpc) is 2.57. The first-order valence-corrected chi connectivity index (χ1v) is 8.31. The van der Waals surface area contributed by atoms with Crippen LogP contribution in [0.4, 0.5) is 5.13 Å². The van der Waals surface area contributed by atoms with E-state index in [1.54, 1.807) is 6.20 Å². The first kappa shape index (κ1) is 17.6. The predicted molar refractivity (Wildman–Crippen MR) is 79.0 cm³/mol. The van der Waals surface area contributed by atoms with E-state index in [0.717, 1.165) is 11.4 Å². The average molecular weight is 314 g/mol. The highest BCUT2D eigenvalue weighted by atomic mass is 35.5. The molecule has 0 saturated carbocycles. The first-order chi connectivity index (χ1) is 7.81. The van der Waals surface area contributed by atoms with Crippen molar-refractivity contribution in [2.75, 3.05) is 24.3 Å². The minimum absolute atomic E-state index is 0. The van der Waals surface area contributed by atoms with Crippen molar-refractivity contribution in [3.8, 4) is 0 Å². The molecule has 0 amide bonds. The number of sulfone groups is 1. The topological polar surface area (TPSA) is 76.3 Å². The molecule has 1 aromatic heterocycles. The lowest BCUT2D eigenvalue weighted by Gasteiger charge is -2.26. The van der Waals surface area contributed by atoms with Crippen LogP contribution < -0.4 is 5.73 Å². The molecule has 8 heteroatoms. The Morgan fingerprint density at radius 2 is 2.17 bits per heavy atom. The van der Waals surface area contributed by atoms with Crippen molar-refractivity contribution in [2.24, 2.45) is 0 Å². The van der Waals surface area contributed by atoms with Gasteiger partial charge >= 0.3 is 0 Å². The second-order valence-electron chi connectivity index (χ2n) is 4.17. The van der Waals surface area contributed by atoms with E-state index in [-0.39, 0.29) is 24.2 Å². The van der Waals surface area contributed by atoms with Crippen LogP contribution in [0.3, 0.4) is 0 Å². The van der Waals surface area contributed by atoms with Crippen molar-refractivity contribution in [3.63, 3.8) is 0 Å². The van der Waals surface area contributed by atoms with E-state index in [0.29, 0.717) is 11.7 Å². The number of nitrogen functional groups attached to an aromatic ring is 1. The van der Waals surface area contributed by atoms with Crippen LogP contribution in [0, 0.1) is 0 Å². The number of thiazole rings is 1. The second kappa shape index (κ2) is 7.28. The van der Waals surface area contributed by atoms with E-state index in [9.17, 15) is 8.42 Å². The fraction of sp³-hybridized carbons (Fsp3) is 0.700. The molecule has 1 atom stereocenters. The lowest BCUT2D eigenvalue weighted by atomic mass is 10.3. The Balaban J connectivity index is 0.00000289. The summed E-state index contributed by atoms with van der Waals surface area (Å²) in [5, 5.41) is 0.548. The number of nitrogens with two attached hydrogens (primary N) is 1. The summed E-state index contributed by atoms with van der Waals surface area (Å²) >= 11 is 1.44. The lowest BCUT2D eigenvalue weighted by Crippen LogP contribution is -2.37. The highest BCUT2D eigenvalue weighted by Crippen LogP contribution is 2.18. The van der Waals surface area contributed by atoms with Crippen LogP contribution in [0.1, 0.15) is 18.7 Å². The summed E-state index contributed by atoms with van der Waals surface area (Å²) in [6, 6.07) is -0.00155. The van der Waals surface area contributed by atoms with Crippen LogP contribution >= 0.6 is 23.7 Å². The van der Waals surface area contributed by atoms with Gasteiger partial charge in [0.15, 0.2) is 5.13 Å². The molecule has 1 unspecified atom stereocenters. The van der Waals surface area contributed by atoms with Crippen molar-refractivity contribution in [1.29, 1.82) is 0 Å². The monoisotopic (exact) mass is 313 g/mol. The van der Waals surface area contributed by atoms with Crippen molar-refractivity contribution in [3.05, 3.63) is 11.1 Å². The van der Waals surface area contributed by atoms with Gasteiger partial charge in [-0.15, -0.1) is 23.7 Å². The number of anilines is 1. The third-order valence-corrected chi connectivity index (χ3v) is 4.40. The largest absolute Gasteiger partial charge is 0.375 e. The summed E-state index contributed by atoms with van der Waals surface area (Å²) in [6.45, 7) is 5.44. The fourth-order valence-electron chi connectivity index (χ4n) is 1.72. The van der Waals surface area contributed by atoms with Gasteiger partial charge in [0.1, 0.15) is 9.84 Å². The molecule has 5 nitrogen and oxygen atoms in total. The van der Waals surface area contributed by atoms with Gasteiger partial charge in [0.2, 0.25) is 0 Å². The summed E-state index contributed by atoms with van der Waals surface area (Å²) in [4.78, 5) is 7.15. The third kappa shape index (κ3) is 5.99. The van der Waals surface area contributed by atoms with Gasteiger partial charge in [-0.1, -0.05) is 6.92 Å². The molecular weight excluding hydrogens is 294 g/mol. The fourth-order valence-corrected chi connectivity index (χ4v) is 3.52. The molecule has 0 aliphatic rings. The van der Waals surface area contributed by atoms with Crippen molar-refractivity contribution >= 4 is 38.7 Å². The van der Waals surface area contributed by atoms with Crippen LogP contribution in [0.2, 0.25) is 0 Å². The van der Waals surface area contributed by atoms with Gasteiger partial charge in [0, 0.05) is 29.9 Å². The van der Waals surface area contributed by atoms with Crippen LogP contribution in [-0.2, 0) is 16.4 Å². The molecular formula is C10H20ClN3O2S2. The van der Waals surface area contributed by atoms with E-state index in [4.69, 9.17) is 5.73 Å². The molecule has 0 aliphatic carbocycles. The summed E-state index contributed by atoms with van der Waals surface area (Å²) in [6.07, 6.45) is 3.01. The maximum atomic E-state index is 11.3. The Bertz CT molecular complexity index is 461. The van der Waals surface area contributed by atoms with Gasteiger partial charge in [0.05, 0.1) is 5.75 Å². The number of rotatable bonds is 6. The minimum atomic E-state index is -2.94. The standard InChI is InChI=1S/C10H19N3O2S2.ClH/c1-4-13(8(2)7-17(3,14)15)6-9-5-12-10(11)16-9;/h5,8H,4,6-7H2,1-3H3,(H2,11,12);1H. The molecule has 0 aliphatic heterocycles.